The van der Waals surface area contributed by atoms with Crippen LogP contribution >= 0.6 is 34.5 Å². The molecule has 3 amide bonds. The van der Waals surface area contributed by atoms with E-state index in [1.165, 1.54) is 34.4 Å². The highest BCUT2D eigenvalue weighted by molar-refractivity contribution is 7.08. The van der Waals surface area contributed by atoms with Crippen LogP contribution in [0.4, 0.5) is 10.5 Å². The van der Waals surface area contributed by atoms with Crippen molar-refractivity contribution in [2.24, 2.45) is 0 Å². The molecule has 1 spiro atoms. The first-order chi connectivity index (χ1) is 17.6. The number of likely N-dealkylation sites (tertiary alicyclic amines) is 1. The molecule has 2 aliphatic heterocycles. The van der Waals surface area contributed by atoms with Gasteiger partial charge in [0.05, 0.1) is 22.9 Å². The number of urea groups is 1. The molecule has 8 nitrogen and oxygen atoms in total. The molecule has 0 saturated carbocycles. The van der Waals surface area contributed by atoms with Crippen LogP contribution in [0, 0.1) is 11.3 Å². The minimum absolute atomic E-state index is 0.193. The van der Waals surface area contributed by atoms with Gasteiger partial charge in [-0.25, -0.2) is 14.5 Å². The molecule has 1 aromatic heterocycles. The monoisotopic (exact) mass is 554 g/mol. The summed E-state index contributed by atoms with van der Waals surface area (Å²) in [6.07, 6.45) is 0. The summed E-state index contributed by atoms with van der Waals surface area (Å²) < 4.78 is 0. The third-order valence-electron chi connectivity index (χ3n) is 7.05. The van der Waals surface area contributed by atoms with Crippen molar-refractivity contribution in [2.75, 3.05) is 25.0 Å². The normalized spacial score (nSPS) is 21.7. The number of nitrogens with zero attached hydrogens (tertiary/aromatic N) is 4. The lowest BCUT2D eigenvalue weighted by Crippen LogP contribution is -2.53. The van der Waals surface area contributed by atoms with Crippen molar-refractivity contribution in [3.05, 3.63) is 85.5 Å². The number of likely N-dealkylation sites (N-methyl/N-ethyl adjacent to an activating group) is 1. The SMILES string of the molecule is CN1C(=O)N(c2cc(Cl)cc(Cl)c2)C(=O)C12CN(Cc1cscc1C(=O)O)CC2c1ccc(C#N)cc1. The van der Waals surface area contributed by atoms with Gasteiger partial charge in [0.1, 0.15) is 5.54 Å². The van der Waals surface area contributed by atoms with Crippen LogP contribution in [0.2, 0.25) is 10.0 Å². The molecule has 37 heavy (non-hydrogen) atoms. The topological polar surface area (TPSA) is 105 Å². The number of hydrogen-bond donors (Lipinski definition) is 1. The molecule has 2 saturated heterocycles. The Bertz CT molecular complexity index is 1450. The van der Waals surface area contributed by atoms with E-state index in [2.05, 4.69) is 6.07 Å². The Morgan fingerprint density at radius 3 is 2.46 bits per heavy atom. The van der Waals surface area contributed by atoms with E-state index >= 15 is 0 Å². The minimum Gasteiger partial charge on any atom is -0.478 e. The van der Waals surface area contributed by atoms with E-state index in [1.807, 2.05) is 4.90 Å². The third-order valence-corrected chi connectivity index (χ3v) is 8.28. The van der Waals surface area contributed by atoms with Crippen molar-refractivity contribution < 1.29 is 19.5 Å². The van der Waals surface area contributed by atoms with Gasteiger partial charge in [0.15, 0.2) is 0 Å². The standard InChI is InChI=1S/C26H20Cl2N4O4S/c1-30-25(36)32(20-7-18(27)6-19(28)8-20)24(35)26(30)14-31(10-17-12-37-13-21(17)23(33)34)11-22(26)16-4-2-15(9-29)3-5-16/h2-8,12-13,22H,10-11,14H2,1H3,(H,33,34). The fourth-order valence-electron chi connectivity index (χ4n) is 5.29. The van der Waals surface area contributed by atoms with Crippen LogP contribution in [-0.4, -0.2) is 58.5 Å². The van der Waals surface area contributed by atoms with Gasteiger partial charge < -0.3 is 10.0 Å². The van der Waals surface area contributed by atoms with Crippen molar-refractivity contribution in [1.82, 2.24) is 9.80 Å². The van der Waals surface area contributed by atoms with E-state index in [1.54, 1.807) is 42.1 Å². The third kappa shape index (κ3) is 4.16. The number of benzene rings is 2. The molecule has 0 bridgehead atoms. The summed E-state index contributed by atoms with van der Waals surface area (Å²) in [5, 5.41) is 22.8. The Kier molecular flexibility index (Phi) is 6.46. The Hall–Kier alpha value is -3.42. The van der Waals surface area contributed by atoms with Crippen molar-refractivity contribution in [2.45, 2.75) is 18.0 Å². The summed E-state index contributed by atoms with van der Waals surface area (Å²) in [6.45, 7) is 0.894. The van der Waals surface area contributed by atoms with Gasteiger partial charge in [0.2, 0.25) is 0 Å². The summed E-state index contributed by atoms with van der Waals surface area (Å²) in [6, 6.07) is 13.1. The maximum Gasteiger partial charge on any atom is 0.336 e. The Morgan fingerprint density at radius 2 is 1.84 bits per heavy atom. The molecule has 2 aliphatic rings. The molecular formula is C26H20Cl2N4O4S. The molecule has 188 valence electrons. The lowest BCUT2D eigenvalue weighted by molar-refractivity contribution is -0.124. The zero-order valence-electron chi connectivity index (χ0n) is 19.5. The minimum atomic E-state index is -1.26. The molecule has 3 aromatic rings. The predicted octanol–water partition coefficient (Wildman–Crippen LogP) is 5.06. The maximum absolute atomic E-state index is 14.2. The molecule has 0 aliphatic carbocycles. The fraction of sp³-hybridized carbons (Fsp3) is 0.231. The number of rotatable bonds is 5. The Labute approximate surface area is 226 Å². The van der Waals surface area contributed by atoms with E-state index in [9.17, 15) is 24.8 Å². The van der Waals surface area contributed by atoms with Crippen molar-refractivity contribution in [3.8, 4) is 6.07 Å². The van der Waals surface area contributed by atoms with Gasteiger partial charge >= 0.3 is 12.0 Å². The largest absolute Gasteiger partial charge is 0.478 e. The van der Waals surface area contributed by atoms with Crippen molar-refractivity contribution in [1.29, 1.82) is 5.26 Å². The number of thiophene rings is 1. The second kappa shape index (κ2) is 9.47. The summed E-state index contributed by atoms with van der Waals surface area (Å²) in [4.78, 5) is 44.0. The van der Waals surface area contributed by atoms with E-state index in [-0.39, 0.29) is 17.8 Å². The molecule has 11 heteroatoms. The molecule has 3 heterocycles. The quantitative estimate of drug-likeness (QED) is 0.442. The van der Waals surface area contributed by atoms with Gasteiger partial charge in [0, 0.05) is 48.0 Å². The first-order valence-corrected chi connectivity index (χ1v) is 12.9. The number of nitriles is 1. The van der Waals surface area contributed by atoms with Gasteiger partial charge in [-0.15, -0.1) is 0 Å². The van der Waals surface area contributed by atoms with Crippen LogP contribution in [0.25, 0.3) is 0 Å². The summed E-state index contributed by atoms with van der Waals surface area (Å²) in [5.41, 5.74) is 1.15. The number of amides is 3. The van der Waals surface area contributed by atoms with Crippen molar-refractivity contribution in [3.63, 3.8) is 0 Å². The zero-order chi connectivity index (χ0) is 26.5. The zero-order valence-corrected chi connectivity index (χ0v) is 21.8. The van der Waals surface area contributed by atoms with E-state index < -0.39 is 29.4 Å². The number of carbonyl (C=O) groups excluding carboxylic acids is 2. The van der Waals surface area contributed by atoms with Gasteiger partial charge in [-0.3, -0.25) is 9.69 Å². The summed E-state index contributed by atoms with van der Waals surface area (Å²) in [5.74, 6) is -1.87. The van der Waals surface area contributed by atoms with Crippen LogP contribution in [0.1, 0.15) is 33.0 Å². The number of anilines is 1. The van der Waals surface area contributed by atoms with Crippen LogP contribution < -0.4 is 4.90 Å². The number of carboxylic acids is 1. The predicted molar refractivity (Wildman–Crippen MR) is 140 cm³/mol. The first-order valence-electron chi connectivity index (χ1n) is 11.2. The molecule has 2 aromatic carbocycles. The van der Waals surface area contributed by atoms with Crippen LogP contribution in [0.15, 0.2) is 53.2 Å². The summed E-state index contributed by atoms with van der Waals surface area (Å²) in [7, 11) is 1.60. The average molecular weight is 555 g/mol. The number of carboxylic acid groups (broad SMARTS) is 1. The van der Waals surface area contributed by atoms with Gasteiger partial charge in [-0.05, 0) is 46.8 Å². The molecule has 5 rings (SSSR count). The average Bonchev–Trinajstić information content (AvgIpc) is 3.52. The number of imide groups is 1. The molecule has 2 atom stereocenters. The van der Waals surface area contributed by atoms with Gasteiger partial charge in [0.25, 0.3) is 5.91 Å². The number of hydrogen-bond acceptors (Lipinski definition) is 6. The molecule has 0 radical (unpaired) electrons. The van der Waals surface area contributed by atoms with Crippen LogP contribution in [0.5, 0.6) is 0 Å². The van der Waals surface area contributed by atoms with Crippen LogP contribution in [0.3, 0.4) is 0 Å². The molecular weight excluding hydrogens is 535 g/mol. The van der Waals surface area contributed by atoms with E-state index in [4.69, 9.17) is 23.2 Å². The second-order valence-electron chi connectivity index (χ2n) is 9.11. The maximum atomic E-state index is 14.2. The number of aromatic carboxylic acids is 1. The second-order valence-corrected chi connectivity index (χ2v) is 10.7. The fourth-order valence-corrected chi connectivity index (χ4v) is 6.62. The van der Waals surface area contributed by atoms with Gasteiger partial charge in [-0.1, -0.05) is 35.3 Å². The van der Waals surface area contributed by atoms with E-state index in [0.717, 1.165) is 10.5 Å². The molecule has 2 unspecified atom stereocenters. The number of carbonyl (C=O) groups is 3. The molecule has 1 N–H and O–H groups in total. The number of halogens is 2. The molecule has 2 fully saturated rings. The lowest BCUT2D eigenvalue weighted by atomic mass is 9.80. The van der Waals surface area contributed by atoms with Crippen LogP contribution in [-0.2, 0) is 11.3 Å². The Morgan fingerprint density at radius 1 is 1.16 bits per heavy atom. The lowest BCUT2D eigenvalue weighted by Gasteiger charge is -2.34. The Balaban J connectivity index is 1.58. The van der Waals surface area contributed by atoms with Gasteiger partial charge in [-0.2, -0.15) is 16.6 Å². The summed E-state index contributed by atoms with van der Waals surface area (Å²) >= 11 is 13.7. The van der Waals surface area contributed by atoms with E-state index in [0.29, 0.717) is 34.3 Å². The highest BCUT2D eigenvalue weighted by Gasteiger charge is 2.64. The highest BCUT2D eigenvalue weighted by Crippen LogP contribution is 2.47. The smallest absolute Gasteiger partial charge is 0.336 e. The van der Waals surface area contributed by atoms with Crippen molar-refractivity contribution >= 4 is 58.1 Å². The first kappa shape index (κ1) is 25.2. The highest BCUT2D eigenvalue weighted by atomic mass is 35.5.